The molecule has 1 unspecified atom stereocenters. The molecule has 28 heavy (non-hydrogen) atoms. The normalized spacial score (nSPS) is 15.9. The minimum atomic E-state index is -0.594. The van der Waals surface area contributed by atoms with Crippen molar-refractivity contribution in [2.24, 2.45) is 0 Å². The molecule has 0 saturated heterocycles. The average Bonchev–Trinajstić information content (AvgIpc) is 2.99. The highest BCUT2D eigenvalue weighted by atomic mass is 79.9. The second-order valence-corrected chi connectivity index (χ2v) is 7.48. The topological polar surface area (TPSA) is 80.0 Å². The third-order valence-electron chi connectivity index (χ3n) is 4.89. The molecule has 6 nitrogen and oxygen atoms in total. The van der Waals surface area contributed by atoms with Crippen molar-refractivity contribution in [1.82, 2.24) is 4.90 Å². The number of amides is 1. The zero-order valence-corrected chi connectivity index (χ0v) is 16.7. The van der Waals surface area contributed by atoms with Gasteiger partial charge in [0.05, 0.1) is 24.1 Å². The summed E-state index contributed by atoms with van der Waals surface area (Å²) in [6.45, 7) is 0.252. The molecular formula is C21H18BrNO5. The molecule has 4 rings (SSSR count). The molecule has 0 spiro atoms. The molecule has 1 aliphatic rings. The van der Waals surface area contributed by atoms with Gasteiger partial charge in [-0.15, -0.1) is 0 Å². The molecule has 1 amide bonds. The summed E-state index contributed by atoms with van der Waals surface area (Å²) in [6.07, 6.45) is 0.402. The number of halogens is 1. The minimum absolute atomic E-state index is 0.0543. The Morgan fingerprint density at radius 3 is 2.79 bits per heavy atom. The number of aliphatic hydroxyl groups is 1. The molecule has 2 aromatic carbocycles. The number of fused-ring (bicyclic) bond motifs is 2. The van der Waals surface area contributed by atoms with E-state index in [9.17, 15) is 14.7 Å². The maximum Gasteiger partial charge on any atom is 0.290 e. The van der Waals surface area contributed by atoms with Gasteiger partial charge in [0.1, 0.15) is 11.3 Å². The first-order valence-corrected chi connectivity index (χ1v) is 9.66. The maximum absolute atomic E-state index is 13.3. The summed E-state index contributed by atoms with van der Waals surface area (Å²) in [4.78, 5) is 28.0. The number of carbonyl (C=O) groups is 1. The smallest absolute Gasteiger partial charge is 0.290 e. The van der Waals surface area contributed by atoms with Crippen LogP contribution in [0.25, 0.3) is 11.0 Å². The monoisotopic (exact) mass is 443 g/mol. The van der Waals surface area contributed by atoms with Gasteiger partial charge in [0.2, 0.25) is 5.76 Å². The van der Waals surface area contributed by atoms with Crippen LogP contribution in [-0.2, 0) is 0 Å². The van der Waals surface area contributed by atoms with Crippen molar-refractivity contribution in [3.8, 4) is 5.75 Å². The highest BCUT2D eigenvalue weighted by molar-refractivity contribution is 9.10. The van der Waals surface area contributed by atoms with Gasteiger partial charge in [0, 0.05) is 17.6 Å². The Morgan fingerprint density at radius 1 is 1.21 bits per heavy atom. The number of rotatable bonds is 5. The van der Waals surface area contributed by atoms with Gasteiger partial charge < -0.3 is 19.2 Å². The van der Waals surface area contributed by atoms with E-state index >= 15 is 0 Å². The van der Waals surface area contributed by atoms with Crippen molar-refractivity contribution in [3.63, 3.8) is 0 Å². The number of nitrogens with zero attached hydrogens (tertiary/aromatic N) is 1. The lowest BCUT2D eigenvalue weighted by molar-refractivity contribution is 0.0716. The summed E-state index contributed by atoms with van der Waals surface area (Å²) in [5.41, 5.74) is 1.21. The predicted octanol–water partition coefficient (Wildman–Crippen LogP) is 3.49. The fourth-order valence-corrected chi connectivity index (χ4v) is 3.98. The summed E-state index contributed by atoms with van der Waals surface area (Å²) in [5, 5.41) is 9.67. The predicted molar refractivity (Wildman–Crippen MR) is 108 cm³/mol. The van der Waals surface area contributed by atoms with E-state index in [1.54, 1.807) is 36.3 Å². The van der Waals surface area contributed by atoms with Gasteiger partial charge in [-0.1, -0.05) is 28.1 Å². The Morgan fingerprint density at radius 2 is 2.04 bits per heavy atom. The molecule has 7 heteroatoms. The van der Waals surface area contributed by atoms with Gasteiger partial charge in [-0.2, -0.15) is 0 Å². The van der Waals surface area contributed by atoms with Crippen LogP contribution in [0.2, 0.25) is 0 Å². The van der Waals surface area contributed by atoms with E-state index in [2.05, 4.69) is 15.9 Å². The molecule has 0 saturated carbocycles. The highest BCUT2D eigenvalue weighted by Gasteiger charge is 2.42. The molecule has 1 aliphatic heterocycles. The average molecular weight is 444 g/mol. The number of hydrogen-bond acceptors (Lipinski definition) is 5. The minimum Gasteiger partial charge on any atom is -0.497 e. The van der Waals surface area contributed by atoms with E-state index < -0.39 is 6.04 Å². The Bertz CT molecular complexity index is 1120. The van der Waals surface area contributed by atoms with Gasteiger partial charge in [-0.05, 0) is 42.3 Å². The van der Waals surface area contributed by atoms with Gasteiger partial charge in [-0.25, -0.2) is 0 Å². The molecule has 144 valence electrons. The van der Waals surface area contributed by atoms with Crippen LogP contribution in [0.15, 0.2) is 56.1 Å². The second-order valence-electron chi connectivity index (χ2n) is 6.57. The first-order valence-electron chi connectivity index (χ1n) is 8.87. The Balaban J connectivity index is 1.97. The van der Waals surface area contributed by atoms with Crippen LogP contribution in [0, 0.1) is 0 Å². The van der Waals surface area contributed by atoms with Gasteiger partial charge in [-0.3, -0.25) is 9.59 Å². The summed E-state index contributed by atoms with van der Waals surface area (Å²) in [7, 11) is 1.57. The number of benzene rings is 2. The van der Waals surface area contributed by atoms with Crippen molar-refractivity contribution in [2.45, 2.75) is 12.5 Å². The zero-order chi connectivity index (χ0) is 19.8. The van der Waals surface area contributed by atoms with Crippen LogP contribution in [0.4, 0.5) is 0 Å². The summed E-state index contributed by atoms with van der Waals surface area (Å²) in [5.74, 6) is 0.345. The van der Waals surface area contributed by atoms with E-state index in [-0.39, 0.29) is 23.7 Å². The lowest BCUT2D eigenvalue weighted by Gasteiger charge is -2.25. The van der Waals surface area contributed by atoms with Crippen LogP contribution in [0.1, 0.15) is 34.1 Å². The van der Waals surface area contributed by atoms with Crippen LogP contribution in [0.3, 0.4) is 0 Å². The van der Waals surface area contributed by atoms with E-state index in [1.807, 2.05) is 18.2 Å². The Labute approximate surface area is 169 Å². The van der Waals surface area contributed by atoms with Crippen LogP contribution in [-0.4, -0.2) is 36.2 Å². The maximum atomic E-state index is 13.3. The number of methoxy groups -OCH3 is 1. The van der Waals surface area contributed by atoms with Crippen molar-refractivity contribution in [3.05, 3.63) is 74.0 Å². The van der Waals surface area contributed by atoms with Gasteiger partial charge in [0.25, 0.3) is 5.91 Å². The summed E-state index contributed by atoms with van der Waals surface area (Å²) >= 11 is 3.38. The molecule has 1 N–H and O–H groups in total. The lowest BCUT2D eigenvalue weighted by Crippen LogP contribution is -2.31. The van der Waals surface area contributed by atoms with Crippen molar-refractivity contribution >= 4 is 32.8 Å². The van der Waals surface area contributed by atoms with Gasteiger partial charge in [0.15, 0.2) is 5.43 Å². The van der Waals surface area contributed by atoms with E-state index in [0.29, 0.717) is 35.2 Å². The molecule has 1 aromatic heterocycles. The molecule has 3 aromatic rings. The third-order valence-corrected chi connectivity index (χ3v) is 5.39. The molecule has 1 atom stereocenters. The molecular weight excluding hydrogens is 426 g/mol. The van der Waals surface area contributed by atoms with E-state index in [4.69, 9.17) is 9.15 Å². The Kier molecular flexibility index (Phi) is 4.95. The number of hydrogen-bond donors (Lipinski definition) is 1. The molecule has 2 heterocycles. The molecule has 0 bridgehead atoms. The summed E-state index contributed by atoms with van der Waals surface area (Å²) in [6, 6.07) is 11.8. The van der Waals surface area contributed by atoms with Crippen molar-refractivity contribution in [1.29, 1.82) is 0 Å². The number of ether oxygens (including phenoxy) is 1. The van der Waals surface area contributed by atoms with Crippen molar-refractivity contribution < 1.29 is 19.1 Å². The molecule has 0 radical (unpaired) electrons. The highest BCUT2D eigenvalue weighted by Crippen LogP contribution is 2.39. The third kappa shape index (κ3) is 3.00. The van der Waals surface area contributed by atoms with Crippen molar-refractivity contribution in [2.75, 3.05) is 20.3 Å². The molecule has 0 fully saturated rings. The van der Waals surface area contributed by atoms with Crippen LogP contribution in [0.5, 0.6) is 5.75 Å². The Hall–Kier alpha value is -2.64. The molecule has 0 aliphatic carbocycles. The summed E-state index contributed by atoms with van der Waals surface area (Å²) < 4.78 is 11.9. The van der Waals surface area contributed by atoms with Gasteiger partial charge >= 0.3 is 0 Å². The van der Waals surface area contributed by atoms with E-state index in [1.165, 1.54) is 0 Å². The number of carbonyl (C=O) groups excluding carboxylic acids is 1. The standard InChI is InChI=1S/C21H18BrNO5/c1-27-14-5-2-4-12(10-14)18-17-19(25)15-11-13(22)6-7-16(15)28-20(17)21(26)23(18)8-3-9-24/h2,4-7,10-11,18,24H,3,8-9H2,1H3. The van der Waals surface area contributed by atoms with E-state index in [0.717, 1.165) is 10.0 Å². The number of aliphatic hydroxyl groups excluding tert-OH is 1. The first-order chi connectivity index (χ1) is 13.5. The quantitative estimate of drug-likeness (QED) is 0.652. The SMILES string of the molecule is COc1cccc(C2c3c(oc4ccc(Br)cc4c3=O)C(=O)N2CCCO)c1. The second kappa shape index (κ2) is 7.41. The zero-order valence-electron chi connectivity index (χ0n) is 15.1. The van der Waals surface area contributed by atoms with Crippen LogP contribution < -0.4 is 10.2 Å². The largest absolute Gasteiger partial charge is 0.497 e. The van der Waals surface area contributed by atoms with Crippen LogP contribution >= 0.6 is 15.9 Å². The lowest BCUT2D eigenvalue weighted by atomic mass is 9.98. The first kappa shape index (κ1) is 18.7. The fourth-order valence-electron chi connectivity index (χ4n) is 3.62. The fraction of sp³-hybridized carbons (Fsp3) is 0.238.